The fourth-order valence-electron chi connectivity index (χ4n) is 1.80. The average Bonchev–Trinajstić information content (AvgIpc) is 2.37. The first-order valence-corrected chi connectivity index (χ1v) is 5.86. The molecule has 102 valence electrons. The molecule has 0 saturated heterocycles. The van der Waals surface area contributed by atoms with E-state index in [1.807, 2.05) is 0 Å². The fourth-order valence-corrected chi connectivity index (χ4v) is 1.80. The van der Waals surface area contributed by atoms with Gasteiger partial charge in [0, 0.05) is 18.6 Å². The Balaban J connectivity index is 2.18. The van der Waals surface area contributed by atoms with Crippen LogP contribution in [0.5, 0.6) is 17.2 Å². The quantitative estimate of drug-likeness (QED) is 0.731. The van der Waals surface area contributed by atoms with Crippen LogP contribution in [0.15, 0.2) is 48.1 Å². The van der Waals surface area contributed by atoms with Crippen LogP contribution < -0.4 is 0 Å². The van der Waals surface area contributed by atoms with Gasteiger partial charge in [-0.15, -0.1) is 0 Å². The molecule has 2 rings (SSSR count). The second-order valence-electron chi connectivity index (χ2n) is 4.26. The van der Waals surface area contributed by atoms with Crippen LogP contribution >= 0.6 is 0 Å². The van der Waals surface area contributed by atoms with Crippen molar-refractivity contribution in [1.29, 1.82) is 0 Å². The van der Waals surface area contributed by atoms with E-state index in [0.717, 1.165) is 12.1 Å². The molecule has 0 atom stereocenters. The predicted molar refractivity (Wildman–Crippen MR) is 71.8 cm³/mol. The topological polar surface area (TPSA) is 94.8 Å². The fraction of sp³-hybridized carbons (Fsp3) is 0.0667. The smallest absolute Gasteiger partial charge is 0.178 e. The summed E-state index contributed by atoms with van der Waals surface area (Å²) in [5.41, 5.74) is 0.454. The van der Waals surface area contributed by atoms with E-state index in [4.69, 9.17) is 5.11 Å². The number of rotatable bonds is 3. The lowest BCUT2D eigenvalue weighted by atomic mass is 10.0. The molecular formula is C15H12O5. The molecule has 0 aliphatic heterocycles. The molecule has 3 N–H and O–H groups in total. The van der Waals surface area contributed by atoms with Crippen LogP contribution in [0.2, 0.25) is 0 Å². The second-order valence-corrected chi connectivity index (χ2v) is 4.26. The molecule has 0 spiro atoms. The summed E-state index contributed by atoms with van der Waals surface area (Å²) in [6.45, 7) is 0. The molecule has 0 fully saturated rings. The molecule has 0 radical (unpaired) electrons. The molecule has 1 aromatic carbocycles. The number of aromatic hydroxyl groups is 3. The van der Waals surface area contributed by atoms with Crippen molar-refractivity contribution in [3.05, 3.63) is 53.6 Å². The summed E-state index contributed by atoms with van der Waals surface area (Å²) in [7, 11) is 0. The number of hydrogen-bond acceptors (Lipinski definition) is 5. The standard InChI is InChI=1S/C15H12O5/c16-10-4-1-9(2-5-10)3-6-12(18)15-13(19)7-11(17)8-14(15)20/h1-5,7-8,17,19-20H,6H2. The number of phenols is 3. The summed E-state index contributed by atoms with van der Waals surface area (Å²) in [6.07, 6.45) is 7.44. The highest BCUT2D eigenvalue weighted by Crippen LogP contribution is 2.32. The van der Waals surface area contributed by atoms with Gasteiger partial charge in [-0.05, 0) is 17.7 Å². The number of benzene rings is 1. The number of ketones is 2. The summed E-state index contributed by atoms with van der Waals surface area (Å²) in [5, 5.41) is 28.3. The Morgan fingerprint density at radius 1 is 1.00 bits per heavy atom. The van der Waals surface area contributed by atoms with Crippen LogP contribution in [-0.2, 0) is 4.79 Å². The maximum absolute atomic E-state index is 11.9. The molecule has 20 heavy (non-hydrogen) atoms. The van der Waals surface area contributed by atoms with E-state index in [9.17, 15) is 19.8 Å². The van der Waals surface area contributed by atoms with Gasteiger partial charge < -0.3 is 15.3 Å². The van der Waals surface area contributed by atoms with Gasteiger partial charge in [0.25, 0.3) is 0 Å². The van der Waals surface area contributed by atoms with Crippen molar-refractivity contribution < 1.29 is 24.9 Å². The molecule has 0 bridgehead atoms. The number of phenolic OH excluding ortho intramolecular Hbond substituents is 3. The van der Waals surface area contributed by atoms with Crippen molar-refractivity contribution in [3.8, 4) is 17.2 Å². The minimum atomic E-state index is -0.494. The highest BCUT2D eigenvalue weighted by atomic mass is 16.3. The third-order valence-electron chi connectivity index (χ3n) is 2.76. The van der Waals surface area contributed by atoms with Crippen LogP contribution in [0.25, 0.3) is 0 Å². The first-order valence-electron chi connectivity index (χ1n) is 5.86. The van der Waals surface area contributed by atoms with Crippen LogP contribution in [-0.4, -0.2) is 26.9 Å². The Bertz CT molecular complexity index is 624. The lowest BCUT2D eigenvalue weighted by Gasteiger charge is -2.06. The number of carbonyl (C=O) groups excluding carboxylic acids is 2. The molecule has 0 heterocycles. The number of Topliss-reactive ketones (excluding diaryl/α,β-unsaturated/α-hetero) is 1. The molecule has 1 aliphatic rings. The Hall–Kier alpha value is -2.82. The van der Waals surface area contributed by atoms with Gasteiger partial charge >= 0.3 is 0 Å². The minimum Gasteiger partial charge on any atom is -0.508 e. The highest BCUT2D eigenvalue weighted by Gasteiger charge is 2.16. The van der Waals surface area contributed by atoms with E-state index in [-0.39, 0.29) is 23.5 Å². The van der Waals surface area contributed by atoms with Crippen LogP contribution in [0, 0.1) is 0 Å². The van der Waals surface area contributed by atoms with Crippen molar-refractivity contribution in [2.24, 2.45) is 0 Å². The van der Waals surface area contributed by atoms with Crippen molar-refractivity contribution in [2.75, 3.05) is 0 Å². The number of carbonyl (C=O) groups is 2. The Labute approximate surface area is 114 Å². The molecule has 0 unspecified atom stereocenters. The van der Waals surface area contributed by atoms with E-state index in [1.54, 1.807) is 18.2 Å². The molecule has 0 aromatic heterocycles. The predicted octanol–water partition coefficient (Wildman–Crippen LogP) is 2.00. The van der Waals surface area contributed by atoms with Crippen molar-refractivity contribution in [1.82, 2.24) is 0 Å². The third-order valence-corrected chi connectivity index (χ3v) is 2.76. The van der Waals surface area contributed by atoms with Crippen molar-refractivity contribution in [3.63, 3.8) is 0 Å². The maximum Gasteiger partial charge on any atom is 0.178 e. The first kappa shape index (κ1) is 13.6. The second kappa shape index (κ2) is 5.44. The normalized spacial score (nSPS) is 13.6. The third kappa shape index (κ3) is 2.95. The van der Waals surface area contributed by atoms with Gasteiger partial charge in [-0.25, -0.2) is 0 Å². The van der Waals surface area contributed by atoms with Gasteiger partial charge in [0.1, 0.15) is 22.8 Å². The van der Waals surface area contributed by atoms with Crippen LogP contribution in [0.3, 0.4) is 0 Å². The first-order chi connectivity index (χ1) is 9.47. The molecule has 5 nitrogen and oxygen atoms in total. The Kier molecular flexibility index (Phi) is 3.70. The molecule has 1 aromatic rings. The van der Waals surface area contributed by atoms with E-state index in [0.29, 0.717) is 5.57 Å². The number of allylic oxidation sites excluding steroid dienone is 6. The zero-order valence-electron chi connectivity index (χ0n) is 10.4. The summed E-state index contributed by atoms with van der Waals surface area (Å²) in [5.74, 6) is -1.90. The van der Waals surface area contributed by atoms with Gasteiger partial charge in [0.15, 0.2) is 11.6 Å². The average molecular weight is 272 g/mol. The largest absolute Gasteiger partial charge is 0.508 e. The monoisotopic (exact) mass is 272 g/mol. The lowest BCUT2D eigenvalue weighted by Crippen LogP contribution is -1.99. The maximum atomic E-state index is 11.9. The lowest BCUT2D eigenvalue weighted by molar-refractivity contribution is -0.110. The molecule has 0 amide bonds. The van der Waals surface area contributed by atoms with E-state index in [1.165, 1.54) is 12.2 Å². The zero-order valence-corrected chi connectivity index (χ0v) is 10.4. The van der Waals surface area contributed by atoms with Gasteiger partial charge in [-0.1, -0.05) is 18.2 Å². The van der Waals surface area contributed by atoms with Crippen molar-refractivity contribution >= 4 is 11.6 Å². The summed E-state index contributed by atoms with van der Waals surface area (Å²) >= 11 is 0. The van der Waals surface area contributed by atoms with Crippen LogP contribution in [0.1, 0.15) is 16.8 Å². The van der Waals surface area contributed by atoms with Gasteiger partial charge in [-0.2, -0.15) is 0 Å². The molecule has 0 saturated carbocycles. The molecular weight excluding hydrogens is 260 g/mol. The van der Waals surface area contributed by atoms with Gasteiger partial charge in [0.2, 0.25) is 0 Å². The van der Waals surface area contributed by atoms with Gasteiger partial charge in [-0.3, -0.25) is 9.59 Å². The van der Waals surface area contributed by atoms with E-state index >= 15 is 0 Å². The van der Waals surface area contributed by atoms with Crippen molar-refractivity contribution in [2.45, 2.75) is 6.42 Å². The van der Waals surface area contributed by atoms with E-state index in [2.05, 4.69) is 0 Å². The minimum absolute atomic E-state index is 0.0515. The van der Waals surface area contributed by atoms with Gasteiger partial charge in [0.05, 0.1) is 0 Å². The number of hydrogen-bond donors (Lipinski definition) is 3. The highest BCUT2D eigenvalue weighted by molar-refractivity contribution is 6.03. The summed E-state index contributed by atoms with van der Waals surface area (Å²) in [4.78, 5) is 22.9. The zero-order chi connectivity index (χ0) is 14.7. The van der Waals surface area contributed by atoms with E-state index < -0.39 is 17.3 Å². The molecule has 5 heteroatoms. The molecule has 1 aliphatic carbocycles. The summed E-state index contributed by atoms with van der Waals surface area (Å²) in [6, 6.07) is 1.97. The SMILES string of the molecule is O=C1C=CC(=CCC(=O)c2c(O)cc(O)cc2O)C=C1. The Morgan fingerprint density at radius 3 is 2.10 bits per heavy atom. The summed E-state index contributed by atoms with van der Waals surface area (Å²) < 4.78 is 0. The Morgan fingerprint density at radius 2 is 1.55 bits per heavy atom. The van der Waals surface area contributed by atoms with Crippen LogP contribution in [0.4, 0.5) is 0 Å².